The van der Waals surface area contributed by atoms with Gasteiger partial charge in [-0.05, 0) is 47.7 Å². The summed E-state index contributed by atoms with van der Waals surface area (Å²) in [4.78, 5) is 30.1. The number of carbonyl (C=O) groups is 2. The second kappa shape index (κ2) is 11.5. The average Bonchev–Trinajstić information content (AvgIpc) is 3.28. The molecule has 1 aliphatic rings. The van der Waals surface area contributed by atoms with Gasteiger partial charge in [-0.15, -0.1) is 0 Å². The average molecular weight is 552 g/mol. The van der Waals surface area contributed by atoms with E-state index in [-0.39, 0.29) is 48.7 Å². The Kier molecular flexibility index (Phi) is 8.15. The van der Waals surface area contributed by atoms with E-state index in [0.717, 1.165) is 11.8 Å². The first kappa shape index (κ1) is 27.6. The van der Waals surface area contributed by atoms with Gasteiger partial charge < -0.3 is 20.5 Å². The minimum atomic E-state index is -3.65. The lowest BCUT2D eigenvalue weighted by molar-refractivity contribution is -0.138. The molecule has 0 aliphatic carbocycles. The molecule has 5 N–H and O–H groups in total. The number of likely N-dealkylation sites (tertiary alicyclic amines) is 1. The van der Waals surface area contributed by atoms with E-state index in [2.05, 4.69) is 9.71 Å². The number of amidine groups is 1. The maximum atomic E-state index is 13.2. The number of aromatic nitrogens is 1. The number of hydrogen-bond acceptors (Lipinski definition) is 7. The largest absolute Gasteiger partial charge is 0.489 e. The van der Waals surface area contributed by atoms with Gasteiger partial charge in [-0.3, -0.25) is 24.7 Å². The Balaban J connectivity index is 1.58. The molecule has 11 nitrogen and oxygen atoms in total. The minimum absolute atomic E-state index is 0.0349. The van der Waals surface area contributed by atoms with E-state index < -0.39 is 22.0 Å². The van der Waals surface area contributed by atoms with Crippen molar-refractivity contribution in [2.75, 3.05) is 24.1 Å². The Morgan fingerprint density at radius 1 is 1.15 bits per heavy atom. The van der Waals surface area contributed by atoms with Gasteiger partial charge in [0.1, 0.15) is 18.2 Å². The number of rotatable bonds is 10. The Morgan fingerprint density at radius 2 is 1.87 bits per heavy atom. The van der Waals surface area contributed by atoms with Gasteiger partial charge in [0.25, 0.3) is 5.91 Å². The molecule has 1 aromatic heterocycles. The first-order valence-corrected chi connectivity index (χ1v) is 14.0. The van der Waals surface area contributed by atoms with Crippen LogP contribution in [-0.4, -0.2) is 66.6 Å². The van der Waals surface area contributed by atoms with E-state index >= 15 is 0 Å². The van der Waals surface area contributed by atoms with Crippen LogP contribution in [0, 0.1) is 11.3 Å². The molecular formula is C27H29N5O6S. The fourth-order valence-corrected chi connectivity index (χ4v) is 5.17. The van der Waals surface area contributed by atoms with Crippen molar-refractivity contribution >= 4 is 33.4 Å². The Morgan fingerprint density at radius 3 is 2.49 bits per heavy atom. The highest BCUT2D eigenvalue weighted by atomic mass is 32.2. The summed E-state index contributed by atoms with van der Waals surface area (Å²) in [5, 5.41) is 16.8. The number of ether oxygens (including phenoxy) is 1. The third-order valence-corrected chi connectivity index (χ3v) is 6.96. The van der Waals surface area contributed by atoms with Gasteiger partial charge in [-0.25, -0.2) is 8.42 Å². The van der Waals surface area contributed by atoms with Crippen LogP contribution < -0.4 is 15.2 Å². The van der Waals surface area contributed by atoms with Crippen LogP contribution in [0.5, 0.6) is 5.75 Å². The molecule has 0 spiro atoms. The normalized spacial score (nSPS) is 17.0. The minimum Gasteiger partial charge on any atom is -0.489 e. The molecule has 0 saturated carbocycles. The summed E-state index contributed by atoms with van der Waals surface area (Å²) in [5.41, 5.74) is 8.19. The fourth-order valence-electron chi connectivity index (χ4n) is 4.61. The van der Waals surface area contributed by atoms with Crippen LogP contribution in [0.1, 0.15) is 28.8 Å². The number of anilines is 1. The number of aliphatic carboxylic acids is 1. The number of nitrogen functional groups attached to an aromatic ring is 1. The van der Waals surface area contributed by atoms with Gasteiger partial charge in [0.2, 0.25) is 10.0 Å². The van der Waals surface area contributed by atoms with Crippen molar-refractivity contribution in [3.8, 4) is 16.9 Å². The number of carboxylic acid groups (broad SMARTS) is 1. The molecule has 204 valence electrons. The van der Waals surface area contributed by atoms with Crippen molar-refractivity contribution in [2.24, 2.45) is 11.7 Å². The van der Waals surface area contributed by atoms with Gasteiger partial charge in [-0.2, -0.15) is 0 Å². The van der Waals surface area contributed by atoms with E-state index in [1.807, 2.05) is 0 Å². The second-order valence-electron chi connectivity index (χ2n) is 9.44. The summed E-state index contributed by atoms with van der Waals surface area (Å²) in [6, 6.07) is 14.9. The molecule has 0 bridgehead atoms. The third kappa shape index (κ3) is 7.11. The zero-order valence-corrected chi connectivity index (χ0v) is 22.0. The molecule has 2 aromatic carbocycles. The second-order valence-corrected chi connectivity index (χ2v) is 11.2. The van der Waals surface area contributed by atoms with E-state index in [1.54, 1.807) is 65.7 Å². The number of nitrogens with zero attached hydrogens (tertiary/aromatic N) is 2. The molecule has 1 aliphatic heterocycles. The monoisotopic (exact) mass is 551 g/mol. The van der Waals surface area contributed by atoms with Gasteiger partial charge in [-0.1, -0.05) is 30.3 Å². The summed E-state index contributed by atoms with van der Waals surface area (Å²) < 4.78 is 32.7. The van der Waals surface area contributed by atoms with Crippen molar-refractivity contribution in [3.05, 3.63) is 78.1 Å². The lowest BCUT2D eigenvalue weighted by Gasteiger charge is -2.25. The van der Waals surface area contributed by atoms with Crippen LogP contribution in [0.15, 0.2) is 67.0 Å². The number of pyridine rings is 1. The zero-order valence-electron chi connectivity index (χ0n) is 21.2. The van der Waals surface area contributed by atoms with Crippen LogP contribution in [0.3, 0.4) is 0 Å². The van der Waals surface area contributed by atoms with Crippen LogP contribution in [-0.2, 0) is 14.8 Å². The van der Waals surface area contributed by atoms with E-state index in [9.17, 15) is 23.1 Å². The predicted molar refractivity (Wildman–Crippen MR) is 146 cm³/mol. The number of benzene rings is 2. The van der Waals surface area contributed by atoms with Crippen molar-refractivity contribution < 1.29 is 27.9 Å². The molecular weight excluding hydrogens is 522 g/mol. The lowest BCUT2D eigenvalue weighted by atomic mass is 10.0. The van der Waals surface area contributed by atoms with E-state index in [1.165, 1.54) is 6.20 Å². The maximum Gasteiger partial charge on any atom is 0.303 e. The quantitative estimate of drug-likeness (QED) is 0.220. The first-order valence-electron chi connectivity index (χ1n) is 12.1. The maximum absolute atomic E-state index is 13.2. The lowest BCUT2D eigenvalue weighted by Crippen LogP contribution is -2.39. The molecule has 1 saturated heterocycles. The molecule has 3 aromatic rings. The number of carboxylic acids is 1. The number of sulfonamides is 1. The highest BCUT2D eigenvalue weighted by molar-refractivity contribution is 7.92. The van der Waals surface area contributed by atoms with Gasteiger partial charge in [0.05, 0.1) is 23.5 Å². The van der Waals surface area contributed by atoms with Crippen molar-refractivity contribution in [1.29, 1.82) is 5.41 Å². The van der Waals surface area contributed by atoms with Crippen LogP contribution >= 0.6 is 0 Å². The smallest absolute Gasteiger partial charge is 0.303 e. The summed E-state index contributed by atoms with van der Waals surface area (Å²) in [6.45, 7) is 0.297. The Hall–Kier alpha value is -4.45. The van der Waals surface area contributed by atoms with Gasteiger partial charge in [0.15, 0.2) is 0 Å². The molecule has 0 radical (unpaired) electrons. The van der Waals surface area contributed by atoms with E-state index in [0.29, 0.717) is 23.1 Å². The van der Waals surface area contributed by atoms with Crippen LogP contribution in [0.4, 0.5) is 5.69 Å². The number of amides is 1. The number of nitrogens with one attached hydrogen (secondary N) is 2. The number of carbonyl (C=O) groups excluding carboxylic acids is 1. The highest BCUT2D eigenvalue weighted by Gasteiger charge is 2.37. The molecule has 1 amide bonds. The summed E-state index contributed by atoms with van der Waals surface area (Å²) in [7, 11) is -3.65. The van der Waals surface area contributed by atoms with Crippen molar-refractivity contribution in [1.82, 2.24) is 9.88 Å². The first-order chi connectivity index (χ1) is 18.5. The molecule has 0 unspecified atom stereocenters. The zero-order chi connectivity index (χ0) is 28.2. The van der Waals surface area contributed by atoms with Crippen molar-refractivity contribution in [2.45, 2.75) is 18.9 Å². The molecule has 2 heterocycles. The molecule has 39 heavy (non-hydrogen) atoms. The summed E-state index contributed by atoms with van der Waals surface area (Å²) >= 11 is 0. The van der Waals surface area contributed by atoms with E-state index in [4.69, 9.17) is 15.9 Å². The number of hydrogen-bond donors (Lipinski definition) is 4. The van der Waals surface area contributed by atoms with Gasteiger partial charge >= 0.3 is 5.97 Å². The molecule has 2 atom stereocenters. The molecule has 4 rings (SSSR count). The standard InChI is InChI=1S/C27H29N5O6S/c1-39(36,37)31-23-13-20(18-4-6-19(7-5-18)26(28)29)8-9-24(23)38-16-22-11-17(12-25(33)34)15-32(22)27(35)21-3-2-10-30-14-21/h2-10,13-14,17,22,31H,11-12,15-16H2,1H3,(H3,28,29)(H,33,34)/t17-,22-/m0/s1. The number of nitrogens with two attached hydrogens (primary N) is 1. The Bertz CT molecular complexity index is 1480. The van der Waals surface area contributed by atoms with Crippen molar-refractivity contribution in [3.63, 3.8) is 0 Å². The highest BCUT2D eigenvalue weighted by Crippen LogP contribution is 2.33. The predicted octanol–water partition coefficient (Wildman–Crippen LogP) is 2.79. The summed E-state index contributed by atoms with van der Waals surface area (Å²) in [5.74, 6) is -1.26. The topological polar surface area (TPSA) is 176 Å². The van der Waals surface area contributed by atoms with Crippen LogP contribution in [0.2, 0.25) is 0 Å². The van der Waals surface area contributed by atoms with Crippen LogP contribution in [0.25, 0.3) is 11.1 Å². The fraction of sp³-hybridized carbons (Fsp3) is 0.259. The Labute approximate surface area is 226 Å². The molecule has 1 fully saturated rings. The SMILES string of the molecule is CS(=O)(=O)Nc1cc(-c2ccc(C(=N)N)cc2)ccc1OC[C@@H]1C[C@@H](CC(=O)O)CN1C(=O)c1cccnc1. The third-order valence-electron chi connectivity index (χ3n) is 6.37. The molecule has 12 heteroatoms. The van der Waals surface area contributed by atoms with Gasteiger partial charge in [0, 0.05) is 30.9 Å². The summed E-state index contributed by atoms with van der Waals surface area (Å²) in [6.07, 6.45) is 4.40.